The predicted octanol–water partition coefficient (Wildman–Crippen LogP) is -1.20. The molecule has 0 fully saturated rings. The summed E-state index contributed by atoms with van der Waals surface area (Å²) in [6.07, 6.45) is -10.2. The SMILES string of the molecule is CC(OC(CC(=O)O)C(=O)O)N(C(C)OC(CC(=O)O)C(=O)O)C(CC(=O)O)C(=O)O. The van der Waals surface area contributed by atoms with Crippen LogP contribution in [0.2, 0.25) is 0 Å². The molecule has 31 heavy (non-hydrogen) atoms. The number of rotatable bonds is 16. The lowest BCUT2D eigenvalue weighted by atomic mass is 10.1. The van der Waals surface area contributed by atoms with E-state index in [9.17, 15) is 33.9 Å². The van der Waals surface area contributed by atoms with Crippen LogP contribution in [0.25, 0.3) is 0 Å². The minimum Gasteiger partial charge on any atom is -0.481 e. The van der Waals surface area contributed by atoms with E-state index in [1.807, 2.05) is 0 Å². The van der Waals surface area contributed by atoms with Gasteiger partial charge >= 0.3 is 35.8 Å². The summed E-state index contributed by atoms with van der Waals surface area (Å²) in [4.78, 5) is 67.6. The molecule has 0 saturated carbocycles. The summed E-state index contributed by atoms with van der Waals surface area (Å²) >= 11 is 0. The molecular formula is C16H23NO14. The van der Waals surface area contributed by atoms with Gasteiger partial charge in [0.05, 0.1) is 19.3 Å². The van der Waals surface area contributed by atoms with Crippen LogP contribution in [0.1, 0.15) is 33.1 Å². The molecule has 0 radical (unpaired) electrons. The van der Waals surface area contributed by atoms with Crippen molar-refractivity contribution in [1.29, 1.82) is 0 Å². The smallest absolute Gasteiger partial charge is 0.333 e. The van der Waals surface area contributed by atoms with E-state index in [0.29, 0.717) is 4.90 Å². The first-order chi connectivity index (χ1) is 14.2. The average molecular weight is 453 g/mol. The first-order valence-corrected chi connectivity index (χ1v) is 8.59. The first kappa shape index (κ1) is 27.7. The number of hydrogen-bond acceptors (Lipinski definition) is 9. The van der Waals surface area contributed by atoms with Gasteiger partial charge < -0.3 is 40.1 Å². The van der Waals surface area contributed by atoms with Crippen molar-refractivity contribution in [1.82, 2.24) is 4.90 Å². The number of hydrogen-bond donors (Lipinski definition) is 6. The first-order valence-electron chi connectivity index (χ1n) is 8.59. The number of carbonyl (C=O) groups is 6. The van der Waals surface area contributed by atoms with Gasteiger partial charge in [-0.15, -0.1) is 0 Å². The largest absolute Gasteiger partial charge is 0.481 e. The number of carboxylic acid groups (broad SMARTS) is 6. The van der Waals surface area contributed by atoms with E-state index in [-0.39, 0.29) is 0 Å². The molecule has 0 bridgehead atoms. The second-order valence-electron chi connectivity index (χ2n) is 6.22. The predicted molar refractivity (Wildman–Crippen MR) is 94.0 cm³/mol. The van der Waals surface area contributed by atoms with Crippen molar-refractivity contribution in [3.8, 4) is 0 Å². The minimum atomic E-state index is -1.96. The molecule has 0 aliphatic rings. The molecular weight excluding hydrogens is 430 g/mol. The highest BCUT2D eigenvalue weighted by Crippen LogP contribution is 2.21. The number of nitrogens with zero attached hydrogens (tertiary/aromatic N) is 1. The van der Waals surface area contributed by atoms with Gasteiger partial charge in [-0.2, -0.15) is 0 Å². The maximum atomic E-state index is 11.6. The number of ether oxygens (including phenoxy) is 2. The van der Waals surface area contributed by atoms with Crippen LogP contribution in [0, 0.1) is 0 Å². The fourth-order valence-electron chi connectivity index (χ4n) is 2.61. The zero-order valence-corrected chi connectivity index (χ0v) is 16.4. The van der Waals surface area contributed by atoms with E-state index >= 15 is 0 Å². The van der Waals surface area contributed by atoms with Crippen LogP contribution >= 0.6 is 0 Å². The zero-order valence-electron chi connectivity index (χ0n) is 16.4. The highest BCUT2D eigenvalue weighted by atomic mass is 16.6. The molecule has 0 amide bonds. The standard InChI is InChI=1S/C16H23NO14/c1-6(30-9(15(26)27)4-12(20)21)17(8(14(24)25)3-11(18)19)7(2)31-10(16(28)29)5-13(22)23/h6-10H,3-5H2,1-2H3,(H,18,19)(H,20,21)(H,22,23)(H,24,25)(H,26,27)(H,28,29). The minimum absolute atomic E-state index is 0.659. The van der Waals surface area contributed by atoms with Crippen molar-refractivity contribution in [2.24, 2.45) is 0 Å². The van der Waals surface area contributed by atoms with Gasteiger partial charge in [0, 0.05) is 0 Å². The van der Waals surface area contributed by atoms with Crippen molar-refractivity contribution in [2.45, 2.75) is 63.8 Å². The van der Waals surface area contributed by atoms with E-state index in [2.05, 4.69) is 0 Å². The van der Waals surface area contributed by atoms with Crippen LogP contribution in [0.5, 0.6) is 0 Å². The summed E-state index contributed by atoms with van der Waals surface area (Å²) in [6.45, 7) is 2.14. The molecule has 0 spiro atoms. The van der Waals surface area contributed by atoms with E-state index < -0.39 is 85.8 Å². The van der Waals surface area contributed by atoms with Crippen LogP contribution in [0.3, 0.4) is 0 Å². The highest BCUT2D eigenvalue weighted by Gasteiger charge is 2.39. The Bertz CT molecular complexity index is 664. The molecule has 0 saturated heterocycles. The summed E-state index contributed by atoms with van der Waals surface area (Å²) in [5, 5.41) is 54.3. The third-order valence-corrected chi connectivity index (χ3v) is 3.85. The van der Waals surface area contributed by atoms with Crippen LogP contribution in [-0.2, 0) is 38.2 Å². The third-order valence-electron chi connectivity index (χ3n) is 3.85. The normalized spacial score (nSPS) is 16.0. The van der Waals surface area contributed by atoms with Crippen LogP contribution in [0.15, 0.2) is 0 Å². The fraction of sp³-hybridized carbons (Fsp3) is 0.625. The van der Waals surface area contributed by atoms with E-state index in [0.717, 1.165) is 13.8 Å². The van der Waals surface area contributed by atoms with Crippen LogP contribution < -0.4 is 0 Å². The molecule has 0 aromatic carbocycles. The molecule has 6 N–H and O–H groups in total. The Balaban J connectivity index is 6.00. The monoisotopic (exact) mass is 453 g/mol. The molecule has 0 rings (SSSR count). The molecule has 0 heterocycles. The quantitative estimate of drug-likeness (QED) is 0.150. The Morgan fingerprint density at radius 3 is 1.16 bits per heavy atom. The van der Waals surface area contributed by atoms with Gasteiger partial charge in [-0.1, -0.05) is 0 Å². The van der Waals surface area contributed by atoms with Crippen molar-refractivity contribution >= 4 is 35.8 Å². The van der Waals surface area contributed by atoms with E-state index in [1.54, 1.807) is 0 Å². The molecule has 5 unspecified atom stereocenters. The van der Waals surface area contributed by atoms with E-state index in [1.165, 1.54) is 0 Å². The molecule has 0 aliphatic carbocycles. The zero-order chi connectivity index (χ0) is 24.5. The summed E-state index contributed by atoms with van der Waals surface area (Å²) in [7, 11) is 0. The highest BCUT2D eigenvalue weighted by molar-refractivity contribution is 5.81. The molecule has 0 aromatic heterocycles. The molecule has 15 heteroatoms. The molecule has 0 aromatic rings. The van der Waals surface area contributed by atoms with Crippen LogP contribution in [0.4, 0.5) is 0 Å². The Morgan fingerprint density at radius 1 is 0.613 bits per heavy atom. The third kappa shape index (κ3) is 9.83. The molecule has 0 aliphatic heterocycles. The van der Waals surface area contributed by atoms with E-state index in [4.69, 9.17) is 35.0 Å². The van der Waals surface area contributed by atoms with Crippen molar-refractivity contribution in [3.05, 3.63) is 0 Å². The Kier molecular flexibility index (Phi) is 11.1. The Morgan fingerprint density at radius 2 is 0.935 bits per heavy atom. The maximum absolute atomic E-state index is 11.6. The molecule has 15 nitrogen and oxygen atoms in total. The molecule has 176 valence electrons. The lowest BCUT2D eigenvalue weighted by Crippen LogP contribution is -2.55. The second kappa shape index (κ2) is 12.4. The lowest BCUT2D eigenvalue weighted by Gasteiger charge is -2.39. The Hall–Kier alpha value is -3.30. The molecule has 5 atom stereocenters. The average Bonchev–Trinajstić information content (AvgIpc) is 2.58. The second-order valence-corrected chi connectivity index (χ2v) is 6.22. The summed E-state index contributed by atoms with van der Waals surface area (Å²) in [6, 6.07) is -1.93. The van der Waals surface area contributed by atoms with Crippen molar-refractivity contribution < 1.29 is 68.9 Å². The van der Waals surface area contributed by atoms with Gasteiger partial charge in [-0.25, -0.2) is 14.5 Å². The summed E-state index contributed by atoms with van der Waals surface area (Å²) < 4.78 is 10.2. The van der Waals surface area contributed by atoms with Gasteiger partial charge in [0.25, 0.3) is 0 Å². The maximum Gasteiger partial charge on any atom is 0.333 e. The summed E-state index contributed by atoms with van der Waals surface area (Å²) in [5.41, 5.74) is 0. The van der Waals surface area contributed by atoms with Crippen LogP contribution in [-0.4, -0.2) is 102 Å². The number of aliphatic carboxylic acids is 6. The van der Waals surface area contributed by atoms with Gasteiger partial charge in [-0.05, 0) is 13.8 Å². The van der Waals surface area contributed by atoms with Gasteiger partial charge in [0.1, 0.15) is 18.5 Å². The lowest BCUT2D eigenvalue weighted by molar-refractivity contribution is -0.211. The fourth-order valence-corrected chi connectivity index (χ4v) is 2.61. The Labute approximate surface area is 174 Å². The van der Waals surface area contributed by atoms with Crippen molar-refractivity contribution in [2.75, 3.05) is 0 Å². The van der Waals surface area contributed by atoms with Gasteiger partial charge in [0.2, 0.25) is 0 Å². The summed E-state index contributed by atoms with van der Waals surface area (Å²) in [5.74, 6) is -9.82. The van der Waals surface area contributed by atoms with Gasteiger partial charge in [0.15, 0.2) is 12.2 Å². The number of carboxylic acids is 6. The topological polar surface area (TPSA) is 245 Å². The van der Waals surface area contributed by atoms with Crippen molar-refractivity contribution in [3.63, 3.8) is 0 Å². The van der Waals surface area contributed by atoms with Gasteiger partial charge in [-0.3, -0.25) is 19.2 Å².